The first-order valence-electron chi connectivity index (χ1n) is 9.05. The van der Waals surface area contributed by atoms with E-state index in [9.17, 15) is 13.2 Å². The van der Waals surface area contributed by atoms with Gasteiger partial charge in [0.1, 0.15) is 11.5 Å². The minimum Gasteiger partial charge on any atom is -0.497 e. The van der Waals surface area contributed by atoms with Crippen molar-refractivity contribution in [3.05, 3.63) is 90.0 Å². The SMILES string of the molecule is COc1ccc(NS(=O)(=O)c2ccc(C(=O)C=Cc3ccccc3OC)cc2)cc1. The molecular weight excluding hydrogens is 402 g/mol. The molecule has 0 unspecified atom stereocenters. The number of ketones is 1. The lowest BCUT2D eigenvalue weighted by atomic mass is 10.1. The zero-order valence-electron chi connectivity index (χ0n) is 16.5. The Kier molecular flexibility index (Phi) is 6.54. The van der Waals surface area contributed by atoms with Gasteiger partial charge in [0, 0.05) is 16.8 Å². The summed E-state index contributed by atoms with van der Waals surface area (Å²) < 4.78 is 37.9. The molecular formula is C23H21NO5S. The number of allylic oxidation sites excluding steroid dienone is 1. The number of benzene rings is 3. The number of carbonyl (C=O) groups excluding carboxylic acids is 1. The average Bonchev–Trinajstić information content (AvgIpc) is 2.78. The van der Waals surface area contributed by atoms with Crippen LogP contribution in [-0.4, -0.2) is 28.4 Å². The van der Waals surface area contributed by atoms with Crippen molar-refractivity contribution in [2.24, 2.45) is 0 Å². The molecule has 1 N–H and O–H groups in total. The van der Waals surface area contributed by atoms with Crippen molar-refractivity contribution in [1.82, 2.24) is 0 Å². The van der Waals surface area contributed by atoms with Crippen LogP contribution in [0.5, 0.6) is 11.5 Å². The van der Waals surface area contributed by atoms with Crippen molar-refractivity contribution in [2.45, 2.75) is 4.90 Å². The van der Waals surface area contributed by atoms with Crippen molar-refractivity contribution < 1.29 is 22.7 Å². The van der Waals surface area contributed by atoms with Gasteiger partial charge in [0.05, 0.1) is 19.1 Å². The summed E-state index contributed by atoms with van der Waals surface area (Å²) in [7, 11) is -0.678. The van der Waals surface area contributed by atoms with E-state index in [1.807, 2.05) is 18.2 Å². The van der Waals surface area contributed by atoms with Gasteiger partial charge in [0.2, 0.25) is 0 Å². The minimum atomic E-state index is -3.78. The topological polar surface area (TPSA) is 81.7 Å². The van der Waals surface area contributed by atoms with Crippen LogP contribution in [0.4, 0.5) is 5.69 Å². The Morgan fingerprint density at radius 3 is 2.17 bits per heavy atom. The Labute approximate surface area is 175 Å². The maximum Gasteiger partial charge on any atom is 0.261 e. The van der Waals surface area contributed by atoms with Crippen molar-refractivity contribution in [2.75, 3.05) is 18.9 Å². The van der Waals surface area contributed by atoms with E-state index in [4.69, 9.17) is 9.47 Å². The Morgan fingerprint density at radius 1 is 0.867 bits per heavy atom. The summed E-state index contributed by atoms with van der Waals surface area (Å²) >= 11 is 0. The molecule has 0 atom stereocenters. The molecule has 0 aliphatic carbocycles. The fourth-order valence-corrected chi connectivity index (χ4v) is 3.80. The van der Waals surface area contributed by atoms with E-state index in [0.717, 1.165) is 5.56 Å². The number of para-hydroxylation sites is 1. The predicted octanol–water partition coefficient (Wildman–Crippen LogP) is 4.40. The summed E-state index contributed by atoms with van der Waals surface area (Å²) in [5.41, 5.74) is 1.57. The molecule has 0 aromatic heterocycles. The normalized spacial score (nSPS) is 11.3. The van der Waals surface area contributed by atoms with Crippen LogP contribution in [-0.2, 0) is 10.0 Å². The molecule has 0 radical (unpaired) electrons. The molecule has 0 saturated carbocycles. The summed E-state index contributed by atoms with van der Waals surface area (Å²) in [6, 6.07) is 19.6. The molecule has 0 spiro atoms. The van der Waals surface area contributed by atoms with Crippen molar-refractivity contribution >= 4 is 27.6 Å². The fourth-order valence-electron chi connectivity index (χ4n) is 2.74. The lowest BCUT2D eigenvalue weighted by Gasteiger charge is -2.09. The van der Waals surface area contributed by atoms with Crippen molar-refractivity contribution in [1.29, 1.82) is 0 Å². The second kappa shape index (κ2) is 9.28. The molecule has 0 saturated heterocycles. The van der Waals surface area contributed by atoms with Gasteiger partial charge in [-0.2, -0.15) is 0 Å². The van der Waals surface area contributed by atoms with E-state index in [1.165, 1.54) is 37.5 Å². The van der Waals surface area contributed by atoms with E-state index >= 15 is 0 Å². The van der Waals surface area contributed by atoms with Gasteiger partial charge in [0.15, 0.2) is 5.78 Å². The van der Waals surface area contributed by atoms with Gasteiger partial charge in [-0.25, -0.2) is 8.42 Å². The Morgan fingerprint density at radius 2 is 1.53 bits per heavy atom. The van der Waals surface area contributed by atoms with Crippen LogP contribution in [0.1, 0.15) is 15.9 Å². The number of hydrogen-bond donors (Lipinski definition) is 1. The second-order valence-corrected chi connectivity index (χ2v) is 7.98. The second-order valence-electron chi connectivity index (χ2n) is 6.30. The van der Waals surface area contributed by atoms with E-state index < -0.39 is 10.0 Å². The monoisotopic (exact) mass is 423 g/mol. The van der Waals surface area contributed by atoms with E-state index in [0.29, 0.717) is 22.7 Å². The zero-order chi connectivity index (χ0) is 21.6. The summed E-state index contributed by atoms with van der Waals surface area (Å²) in [4.78, 5) is 12.5. The van der Waals surface area contributed by atoms with E-state index in [2.05, 4.69) is 4.72 Å². The zero-order valence-corrected chi connectivity index (χ0v) is 17.3. The number of nitrogens with one attached hydrogen (secondary N) is 1. The first-order valence-corrected chi connectivity index (χ1v) is 10.5. The molecule has 0 aliphatic heterocycles. The van der Waals surface area contributed by atoms with Crippen LogP contribution >= 0.6 is 0 Å². The first-order chi connectivity index (χ1) is 14.4. The van der Waals surface area contributed by atoms with Gasteiger partial charge in [-0.1, -0.05) is 18.2 Å². The van der Waals surface area contributed by atoms with Crippen LogP contribution in [0.15, 0.2) is 83.8 Å². The quantitative estimate of drug-likeness (QED) is 0.429. The first kappa shape index (κ1) is 21.1. The van der Waals surface area contributed by atoms with Crippen LogP contribution in [0.3, 0.4) is 0 Å². The largest absolute Gasteiger partial charge is 0.497 e. The molecule has 0 amide bonds. The third-order valence-electron chi connectivity index (χ3n) is 4.34. The maximum absolute atomic E-state index is 12.6. The highest BCUT2D eigenvalue weighted by Gasteiger charge is 2.15. The van der Waals surface area contributed by atoms with Gasteiger partial charge in [0.25, 0.3) is 10.0 Å². The standard InChI is InChI=1S/C23H21NO5S/c1-28-20-12-10-19(11-13-20)24-30(26,27)21-14-7-17(8-15-21)22(25)16-9-18-5-3-4-6-23(18)29-2/h3-16,24H,1-2H3. The smallest absolute Gasteiger partial charge is 0.261 e. The number of rotatable bonds is 8. The summed E-state index contributed by atoms with van der Waals surface area (Å²) in [6.07, 6.45) is 3.09. The number of methoxy groups -OCH3 is 2. The molecule has 6 nitrogen and oxygen atoms in total. The van der Waals surface area contributed by atoms with Crippen LogP contribution < -0.4 is 14.2 Å². The van der Waals surface area contributed by atoms with Gasteiger partial charge in [-0.05, 0) is 66.7 Å². The van der Waals surface area contributed by atoms with Gasteiger partial charge >= 0.3 is 0 Å². The van der Waals surface area contributed by atoms with Crippen LogP contribution in [0, 0.1) is 0 Å². The number of ether oxygens (including phenoxy) is 2. The predicted molar refractivity (Wildman–Crippen MR) is 117 cm³/mol. The number of anilines is 1. The molecule has 0 fully saturated rings. The summed E-state index contributed by atoms with van der Waals surface area (Å²) in [5.74, 6) is 1.04. The van der Waals surface area contributed by atoms with Gasteiger partial charge in [-0.15, -0.1) is 0 Å². The number of sulfonamides is 1. The highest BCUT2D eigenvalue weighted by atomic mass is 32.2. The van der Waals surface area contributed by atoms with Gasteiger partial charge < -0.3 is 9.47 Å². The molecule has 3 aromatic rings. The molecule has 3 rings (SSSR count). The molecule has 154 valence electrons. The average molecular weight is 423 g/mol. The lowest BCUT2D eigenvalue weighted by Crippen LogP contribution is -2.13. The lowest BCUT2D eigenvalue weighted by molar-refractivity contribution is 0.104. The van der Waals surface area contributed by atoms with Crippen molar-refractivity contribution in [3.8, 4) is 11.5 Å². The van der Waals surface area contributed by atoms with E-state index in [1.54, 1.807) is 43.5 Å². The molecule has 0 bridgehead atoms. The Balaban J connectivity index is 1.73. The third-order valence-corrected chi connectivity index (χ3v) is 5.74. The third kappa shape index (κ3) is 5.07. The van der Waals surface area contributed by atoms with Crippen molar-refractivity contribution in [3.63, 3.8) is 0 Å². The highest BCUT2D eigenvalue weighted by Crippen LogP contribution is 2.21. The summed E-state index contributed by atoms with van der Waals surface area (Å²) in [5, 5.41) is 0. The van der Waals surface area contributed by atoms with E-state index in [-0.39, 0.29) is 10.7 Å². The van der Waals surface area contributed by atoms with Gasteiger partial charge in [-0.3, -0.25) is 9.52 Å². The Bertz CT molecular complexity index is 1150. The number of hydrogen-bond acceptors (Lipinski definition) is 5. The Hall–Kier alpha value is -3.58. The van der Waals surface area contributed by atoms with Crippen LogP contribution in [0.2, 0.25) is 0 Å². The minimum absolute atomic E-state index is 0.0589. The molecule has 30 heavy (non-hydrogen) atoms. The molecule has 3 aromatic carbocycles. The number of carbonyl (C=O) groups is 1. The molecule has 7 heteroatoms. The maximum atomic E-state index is 12.6. The molecule has 0 heterocycles. The molecule has 0 aliphatic rings. The fraction of sp³-hybridized carbons (Fsp3) is 0.0870. The summed E-state index contributed by atoms with van der Waals surface area (Å²) in [6.45, 7) is 0. The highest BCUT2D eigenvalue weighted by molar-refractivity contribution is 7.92. The van der Waals surface area contributed by atoms with Crippen LogP contribution in [0.25, 0.3) is 6.08 Å².